The van der Waals surface area contributed by atoms with Crippen molar-refractivity contribution in [2.24, 2.45) is 23.2 Å². The zero-order valence-electron chi connectivity index (χ0n) is 32.9. The van der Waals surface area contributed by atoms with Crippen LogP contribution in [0.25, 0.3) is 11.0 Å². The number of halogens is 3. The highest BCUT2D eigenvalue weighted by molar-refractivity contribution is 7.93. The monoisotopic (exact) mass is 850 g/mol. The molecule has 19 heteroatoms. The van der Waals surface area contributed by atoms with Crippen LogP contribution in [0.3, 0.4) is 0 Å². The molecule has 2 aromatic rings. The number of benzene rings is 1. The van der Waals surface area contributed by atoms with Crippen LogP contribution in [-0.2, 0) is 35.6 Å². The number of aromatic nitrogens is 2. The van der Waals surface area contributed by atoms with Crippen LogP contribution in [0, 0.1) is 23.2 Å². The number of carbonyl (C=O) groups is 4. The molecule has 0 radical (unpaired) electrons. The van der Waals surface area contributed by atoms with Crippen molar-refractivity contribution in [3.8, 4) is 11.6 Å². The maximum Gasteiger partial charge on any atom is 0.408 e. The van der Waals surface area contributed by atoms with E-state index in [1.807, 2.05) is 16.9 Å². The standard InChI is InChI=1S/C39H49ClF2N6O9S/c1-6-22-28-19-48(29(22)32(49)46-39(18-23(39)31(41)42)35(51)47-58(53,54)38(40)14-15-38)34(50)30(37(2,3)4)45-36(52)57-27-16-20(27)10-8-7-9-11-25-33(56-28)44-26-17-21(55-5)12-13-24(26)43-25/h8,10,12-13,17,20,22-23,27-31H,6-7,9,11,14-16,18-19H2,1-5H3,(H,45,52)(H,46,49)(H,47,51)/b10-8+/t20-,22-,23+,27-,28+,29+,30-,39-/m1/s1. The van der Waals surface area contributed by atoms with Gasteiger partial charge < -0.3 is 29.7 Å². The first-order valence-corrected chi connectivity index (χ1v) is 21.5. The summed E-state index contributed by atoms with van der Waals surface area (Å²) in [4.78, 5) is 67.3. The third-order valence-corrected chi connectivity index (χ3v) is 14.6. The molecular formula is C39H49ClF2N6O9S. The molecule has 2 aliphatic heterocycles. The van der Waals surface area contributed by atoms with E-state index in [1.54, 1.807) is 45.9 Å². The summed E-state index contributed by atoms with van der Waals surface area (Å²) in [6.45, 7) is 6.75. The summed E-state index contributed by atoms with van der Waals surface area (Å²) in [6.07, 6.45) is 1.04. The largest absolute Gasteiger partial charge is 0.497 e. The van der Waals surface area contributed by atoms with E-state index in [0.717, 1.165) is 0 Å². The van der Waals surface area contributed by atoms with Crippen molar-refractivity contribution < 1.29 is 50.6 Å². The summed E-state index contributed by atoms with van der Waals surface area (Å²) >= 11 is 6.11. The van der Waals surface area contributed by atoms with Gasteiger partial charge >= 0.3 is 6.09 Å². The number of amides is 4. The molecule has 3 heterocycles. The summed E-state index contributed by atoms with van der Waals surface area (Å²) in [7, 11) is -2.96. The second kappa shape index (κ2) is 15.4. The number of ether oxygens (including phenoxy) is 3. The normalized spacial score (nSPS) is 31.3. The minimum Gasteiger partial charge on any atom is -0.497 e. The van der Waals surface area contributed by atoms with E-state index in [1.165, 1.54) is 12.0 Å². The number of nitrogens with one attached hydrogen (secondary N) is 3. The van der Waals surface area contributed by atoms with Gasteiger partial charge in [-0.25, -0.2) is 36.7 Å². The van der Waals surface area contributed by atoms with Gasteiger partial charge in [0.2, 0.25) is 24.1 Å². The Morgan fingerprint density at radius 2 is 1.88 bits per heavy atom. The number of allylic oxidation sites excluding steroid dienone is 1. The zero-order valence-corrected chi connectivity index (χ0v) is 34.5. The van der Waals surface area contributed by atoms with Gasteiger partial charge in [-0.1, -0.05) is 51.4 Å². The van der Waals surface area contributed by atoms with Crippen LogP contribution in [-0.4, -0.2) is 101 Å². The molecular weight excluding hydrogens is 802 g/mol. The zero-order chi connectivity index (χ0) is 41.9. The van der Waals surface area contributed by atoms with Gasteiger partial charge in [0.15, 0.2) is 4.21 Å². The van der Waals surface area contributed by atoms with Crippen molar-refractivity contribution in [1.82, 2.24) is 30.2 Å². The minimum absolute atomic E-state index is 0.0127. The van der Waals surface area contributed by atoms with E-state index in [0.29, 0.717) is 48.2 Å². The second-order valence-electron chi connectivity index (χ2n) is 17.0. The lowest BCUT2D eigenvalue weighted by atomic mass is 9.85. The van der Waals surface area contributed by atoms with E-state index in [9.17, 15) is 36.4 Å². The molecule has 5 aliphatic rings. The van der Waals surface area contributed by atoms with Gasteiger partial charge in [-0.15, -0.1) is 0 Å². The van der Waals surface area contributed by atoms with Gasteiger partial charge in [-0.3, -0.25) is 14.4 Å². The minimum atomic E-state index is -4.48. The fourth-order valence-corrected chi connectivity index (χ4v) is 9.40. The summed E-state index contributed by atoms with van der Waals surface area (Å²) in [5, 5.41) is 5.17. The van der Waals surface area contributed by atoms with Crippen LogP contribution >= 0.6 is 11.6 Å². The van der Waals surface area contributed by atoms with Crippen molar-refractivity contribution >= 4 is 56.5 Å². The number of fused-ring (bicyclic) bond motifs is 5. The number of rotatable bonds is 8. The Hall–Kier alpha value is -4.32. The molecule has 7 rings (SSSR count). The quantitative estimate of drug-likeness (QED) is 0.252. The van der Waals surface area contributed by atoms with Gasteiger partial charge in [0.25, 0.3) is 15.9 Å². The first-order chi connectivity index (χ1) is 27.3. The Bertz CT molecular complexity index is 2130. The van der Waals surface area contributed by atoms with Gasteiger partial charge in [0, 0.05) is 17.9 Å². The van der Waals surface area contributed by atoms with E-state index in [4.69, 9.17) is 35.8 Å². The number of aryl methyl sites for hydroxylation is 1. The first-order valence-electron chi connectivity index (χ1n) is 19.6. The Labute approximate surface area is 340 Å². The number of methoxy groups -OCH3 is 1. The number of alkyl carbamates (subject to hydrolysis) is 1. The molecule has 4 amide bonds. The van der Waals surface area contributed by atoms with E-state index >= 15 is 0 Å². The molecule has 316 valence electrons. The third-order valence-electron chi connectivity index (χ3n) is 11.8. The van der Waals surface area contributed by atoms with Crippen molar-refractivity contribution in [2.75, 3.05) is 13.7 Å². The van der Waals surface area contributed by atoms with Crippen LogP contribution in [0.5, 0.6) is 11.6 Å². The molecule has 15 nitrogen and oxygen atoms in total. The molecule has 1 aromatic carbocycles. The highest BCUT2D eigenvalue weighted by Crippen LogP contribution is 2.51. The molecule has 1 saturated heterocycles. The number of nitrogens with zero attached hydrogens (tertiary/aromatic N) is 3. The van der Waals surface area contributed by atoms with Gasteiger partial charge in [-0.2, -0.15) is 0 Å². The molecule has 0 unspecified atom stereocenters. The summed E-state index contributed by atoms with van der Waals surface area (Å²) in [5.74, 6) is -4.80. The fraction of sp³-hybridized carbons (Fsp3) is 0.641. The van der Waals surface area contributed by atoms with E-state index < -0.39 is 91.9 Å². The SMILES string of the molecule is CC[C@@H]1[C@@H]2CN(C(=O)[C@H](C(C)(C)C)NC(=O)O[C@@H]3C[C@H]3/C=C/CCCc3nc4ccc(OC)cc4nc3O2)[C@@H]1C(=O)N[C@]1(C(=O)NS(=O)(=O)C2(Cl)CC2)C[C@H]1C(F)F. The summed E-state index contributed by atoms with van der Waals surface area (Å²) in [5.41, 5.74) is -1.62. The average molecular weight is 851 g/mol. The van der Waals surface area contributed by atoms with Crippen molar-refractivity contribution in [1.29, 1.82) is 0 Å². The molecule has 58 heavy (non-hydrogen) atoms. The Morgan fingerprint density at radius 3 is 2.52 bits per heavy atom. The second-order valence-corrected chi connectivity index (χ2v) is 20.0. The smallest absolute Gasteiger partial charge is 0.408 e. The Morgan fingerprint density at radius 1 is 1.14 bits per heavy atom. The van der Waals surface area contributed by atoms with Gasteiger partial charge in [0.05, 0.1) is 30.6 Å². The van der Waals surface area contributed by atoms with Crippen molar-refractivity contribution in [3.05, 3.63) is 36.0 Å². The van der Waals surface area contributed by atoms with Crippen LogP contribution in [0.1, 0.15) is 78.3 Å². The maximum absolute atomic E-state index is 14.8. The molecule has 4 fully saturated rings. The van der Waals surface area contributed by atoms with Gasteiger partial charge in [0.1, 0.15) is 41.3 Å². The van der Waals surface area contributed by atoms with E-state index in [-0.39, 0.29) is 43.7 Å². The van der Waals surface area contributed by atoms with Crippen molar-refractivity contribution in [3.63, 3.8) is 0 Å². The van der Waals surface area contributed by atoms with Crippen LogP contribution in [0.15, 0.2) is 30.4 Å². The van der Waals surface area contributed by atoms with Crippen molar-refractivity contribution in [2.45, 2.75) is 120 Å². The highest BCUT2D eigenvalue weighted by Gasteiger charge is 2.68. The van der Waals surface area contributed by atoms with Gasteiger partial charge in [-0.05, 0) is 68.9 Å². The lowest BCUT2D eigenvalue weighted by molar-refractivity contribution is -0.144. The number of hydrogen-bond donors (Lipinski definition) is 3. The van der Waals surface area contributed by atoms with Crippen LogP contribution in [0.4, 0.5) is 13.6 Å². The Balaban J connectivity index is 1.27. The predicted molar refractivity (Wildman–Crippen MR) is 206 cm³/mol. The number of sulfonamides is 1. The molecule has 3 N–H and O–H groups in total. The summed E-state index contributed by atoms with van der Waals surface area (Å²) < 4.78 is 72.4. The summed E-state index contributed by atoms with van der Waals surface area (Å²) in [6, 6.07) is 2.59. The maximum atomic E-state index is 14.8. The third kappa shape index (κ3) is 8.14. The first kappa shape index (κ1) is 41.8. The number of carbonyl (C=O) groups excluding carboxylic acids is 4. The molecule has 2 bridgehead atoms. The highest BCUT2D eigenvalue weighted by atomic mass is 35.5. The molecule has 3 aliphatic carbocycles. The lowest BCUT2D eigenvalue weighted by Crippen LogP contribution is -2.61. The lowest BCUT2D eigenvalue weighted by Gasteiger charge is -2.36. The number of hydrogen-bond acceptors (Lipinski definition) is 11. The Kier molecular flexibility index (Phi) is 11.1. The predicted octanol–water partition coefficient (Wildman–Crippen LogP) is 4.36. The van der Waals surface area contributed by atoms with Crippen LogP contribution in [0.2, 0.25) is 0 Å². The molecule has 1 aromatic heterocycles. The van der Waals surface area contributed by atoms with E-state index in [2.05, 4.69) is 10.6 Å². The number of alkyl halides is 3. The fourth-order valence-electron chi connectivity index (χ4n) is 7.94. The molecule has 3 saturated carbocycles. The molecule has 0 spiro atoms. The topological polar surface area (TPSA) is 195 Å². The van der Waals surface area contributed by atoms with Crippen LogP contribution < -0.4 is 24.8 Å². The average Bonchev–Trinajstić information content (AvgIpc) is 4.11. The molecule has 8 atom stereocenters.